The summed E-state index contributed by atoms with van der Waals surface area (Å²) in [5, 5.41) is 2.03. The predicted octanol–water partition coefficient (Wildman–Crippen LogP) is 3.54. The maximum absolute atomic E-state index is 14.0. The summed E-state index contributed by atoms with van der Waals surface area (Å²) in [6.45, 7) is 2.57. The SMILES string of the molecule is C[C@@H](N)c1ccc(N(C)Cc2cccs2)c(F)c1. The zero-order chi connectivity index (χ0) is 13.1. The number of anilines is 1. The molecular weight excluding hydrogens is 247 g/mol. The highest BCUT2D eigenvalue weighted by Crippen LogP contribution is 2.24. The topological polar surface area (TPSA) is 29.3 Å². The largest absolute Gasteiger partial charge is 0.367 e. The van der Waals surface area contributed by atoms with E-state index in [1.807, 2.05) is 36.4 Å². The highest BCUT2D eigenvalue weighted by atomic mass is 32.1. The zero-order valence-corrected chi connectivity index (χ0v) is 11.4. The number of hydrogen-bond donors (Lipinski definition) is 1. The predicted molar refractivity (Wildman–Crippen MR) is 75.4 cm³/mol. The first-order valence-corrected chi connectivity index (χ1v) is 6.74. The van der Waals surface area contributed by atoms with Gasteiger partial charge in [-0.15, -0.1) is 11.3 Å². The van der Waals surface area contributed by atoms with Crippen LogP contribution in [0.25, 0.3) is 0 Å². The summed E-state index contributed by atoms with van der Waals surface area (Å²) >= 11 is 1.68. The lowest BCUT2D eigenvalue weighted by atomic mass is 10.1. The third kappa shape index (κ3) is 2.89. The molecule has 0 aliphatic carbocycles. The van der Waals surface area contributed by atoms with E-state index in [1.54, 1.807) is 17.4 Å². The Balaban J connectivity index is 2.17. The molecule has 1 aromatic carbocycles. The Hall–Kier alpha value is -1.39. The van der Waals surface area contributed by atoms with Crippen molar-refractivity contribution < 1.29 is 4.39 Å². The van der Waals surface area contributed by atoms with Gasteiger partial charge in [-0.2, -0.15) is 0 Å². The van der Waals surface area contributed by atoms with Crippen LogP contribution in [-0.2, 0) is 6.54 Å². The van der Waals surface area contributed by atoms with E-state index in [4.69, 9.17) is 5.73 Å². The number of rotatable bonds is 4. The summed E-state index contributed by atoms with van der Waals surface area (Å²) in [5.74, 6) is -0.219. The molecule has 4 heteroatoms. The number of benzene rings is 1. The van der Waals surface area contributed by atoms with Crippen LogP contribution in [0.4, 0.5) is 10.1 Å². The average molecular weight is 264 g/mol. The van der Waals surface area contributed by atoms with Crippen LogP contribution in [0.2, 0.25) is 0 Å². The lowest BCUT2D eigenvalue weighted by Gasteiger charge is -2.20. The van der Waals surface area contributed by atoms with Crippen LogP contribution in [0.1, 0.15) is 23.4 Å². The minimum Gasteiger partial charge on any atom is -0.367 e. The van der Waals surface area contributed by atoms with Crippen molar-refractivity contribution in [2.45, 2.75) is 19.5 Å². The second kappa shape index (κ2) is 5.50. The number of nitrogens with two attached hydrogens (primary N) is 1. The van der Waals surface area contributed by atoms with Crippen molar-refractivity contribution in [3.63, 3.8) is 0 Å². The van der Waals surface area contributed by atoms with Crippen molar-refractivity contribution in [2.24, 2.45) is 5.73 Å². The van der Waals surface area contributed by atoms with Gasteiger partial charge in [0.15, 0.2) is 0 Å². The minimum absolute atomic E-state index is 0.142. The first-order chi connectivity index (χ1) is 8.58. The average Bonchev–Trinajstić information content (AvgIpc) is 2.81. The summed E-state index contributed by atoms with van der Waals surface area (Å²) < 4.78 is 14.0. The quantitative estimate of drug-likeness (QED) is 0.915. The van der Waals surface area contributed by atoms with Gasteiger partial charge in [0, 0.05) is 18.0 Å². The summed E-state index contributed by atoms with van der Waals surface area (Å²) in [6.07, 6.45) is 0. The fourth-order valence-corrected chi connectivity index (χ4v) is 2.59. The van der Waals surface area contributed by atoms with Crippen molar-refractivity contribution >= 4 is 17.0 Å². The molecule has 1 heterocycles. The second-order valence-electron chi connectivity index (χ2n) is 4.43. The molecule has 0 saturated heterocycles. The fourth-order valence-electron chi connectivity index (χ4n) is 1.84. The molecule has 0 fully saturated rings. The molecule has 0 saturated carbocycles. The Kier molecular flexibility index (Phi) is 3.99. The van der Waals surface area contributed by atoms with E-state index in [0.29, 0.717) is 12.2 Å². The smallest absolute Gasteiger partial charge is 0.146 e. The first kappa shape index (κ1) is 13.1. The van der Waals surface area contributed by atoms with E-state index in [-0.39, 0.29) is 11.9 Å². The minimum atomic E-state index is -0.219. The molecule has 0 spiro atoms. The molecule has 1 aromatic heterocycles. The van der Waals surface area contributed by atoms with Crippen molar-refractivity contribution in [3.8, 4) is 0 Å². The monoisotopic (exact) mass is 264 g/mol. The van der Waals surface area contributed by atoms with Gasteiger partial charge in [0.2, 0.25) is 0 Å². The van der Waals surface area contributed by atoms with Gasteiger partial charge in [-0.1, -0.05) is 12.1 Å². The van der Waals surface area contributed by atoms with E-state index in [2.05, 4.69) is 6.07 Å². The number of hydrogen-bond acceptors (Lipinski definition) is 3. The van der Waals surface area contributed by atoms with Gasteiger partial charge in [0.05, 0.1) is 12.2 Å². The molecule has 1 atom stereocenters. The highest BCUT2D eigenvalue weighted by molar-refractivity contribution is 7.09. The van der Waals surface area contributed by atoms with Crippen LogP contribution in [-0.4, -0.2) is 7.05 Å². The Bertz CT molecular complexity index is 509. The molecule has 0 radical (unpaired) electrons. The Morgan fingerprint density at radius 3 is 2.72 bits per heavy atom. The van der Waals surface area contributed by atoms with Crippen molar-refractivity contribution in [3.05, 3.63) is 52.0 Å². The highest BCUT2D eigenvalue weighted by Gasteiger charge is 2.10. The number of nitrogens with zero attached hydrogens (tertiary/aromatic N) is 1. The second-order valence-corrected chi connectivity index (χ2v) is 5.47. The summed E-state index contributed by atoms with van der Waals surface area (Å²) in [5.41, 5.74) is 7.16. The Morgan fingerprint density at radius 1 is 1.39 bits per heavy atom. The molecule has 0 amide bonds. The molecule has 0 aliphatic heterocycles. The van der Waals surface area contributed by atoms with Crippen LogP contribution in [0.3, 0.4) is 0 Å². The molecule has 2 N–H and O–H groups in total. The van der Waals surface area contributed by atoms with Crippen LogP contribution < -0.4 is 10.6 Å². The van der Waals surface area contributed by atoms with Gasteiger partial charge >= 0.3 is 0 Å². The Labute approximate surface area is 111 Å². The van der Waals surface area contributed by atoms with Crippen molar-refractivity contribution in [2.75, 3.05) is 11.9 Å². The third-order valence-corrected chi connectivity index (χ3v) is 3.74. The van der Waals surface area contributed by atoms with Crippen molar-refractivity contribution in [1.82, 2.24) is 0 Å². The summed E-state index contributed by atoms with van der Waals surface area (Å²) in [4.78, 5) is 3.12. The summed E-state index contributed by atoms with van der Waals surface area (Å²) in [6, 6.07) is 9.11. The molecule has 0 unspecified atom stereocenters. The van der Waals surface area contributed by atoms with E-state index in [0.717, 1.165) is 5.56 Å². The van der Waals surface area contributed by atoms with Gasteiger partial charge in [-0.25, -0.2) is 4.39 Å². The van der Waals surface area contributed by atoms with E-state index >= 15 is 0 Å². The van der Waals surface area contributed by atoms with E-state index in [9.17, 15) is 4.39 Å². The van der Waals surface area contributed by atoms with Gasteiger partial charge in [0.25, 0.3) is 0 Å². The molecule has 0 aliphatic rings. The van der Waals surface area contributed by atoms with Crippen LogP contribution >= 0.6 is 11.3 Å². The molecule has 0 bridgehead atoms. The maximum atomic E-state index is 14.0. The standard InChI is InChI=1S/C14H17FN2S/c1-10(16)11-5-6-14(13(15)8-11)17(2)9-12-4-3-7-18-12/h3-8,10H,9,16H2,1-2H3/t10-/m1/s1. The van der Waals surface area contributed by atoms with Gasteiger partial charge < -0.3 is 10.6 Å². The molecule has 2 aromatic rings. The molecule has 2 nitrogen and oxygen atoms in total. The fraction of sp³-hybridized carbons (Fsp3) is 0.286. The van der Waals surface area contributed by atoms with Crippen molar-refractivity contribution in [1.29, 1.82) is 0 Å². The van der Waals surface area contributed by atoms with Crippen LogP contribution in [0, 0.1) is 5.82 Å². The van der Waals surface area contributed by atoms with Gasteiger partial charge in [0.1, 0.15) is 5.82 Å². The maximum Gasteiger partial charge on any atom is 0.146 e. The molecule has 2 rings (SSSR count). The lowest BCUT2D eigenvalue weighted by Crippen LogP contribution is -2.17. The van der Waals surface area contributed by atoms with E-state index in [1.165, 1.54) is 10.9 Å². The van der Waals surface area contributed by atoms with Crippen LogP contribution in [0.5, 0.6) is 0 Å². The Morgan fingerprint density at radius 2 is 2.17 bits per heavy atom. The zero-order valence-electron chi connectivity index (χ0n) is 10.6. The van der Waals surface area contributed by atoms with Gasteiger partial charge in [-0.3, -0.25) is 0 Å². The third-order valence-electron chi connectivity index (χ3n) is 2.88. The molecule has 18 heavy (non-hydrogen) atoms. The van der Waals surface area contributed by atoms with E-state index < -0.39 is 0 Å². The molecule has 96 valence electrons. The normalized spacial score (nSPS) is 12.4. The first-order valence-electron chi connectivity index (χ1n) is 5.86. The van der Waals surface area contributed by atoms with Crippen LogP contribution in [0.15, 0.2) is 35.7 Å². The molecular formula is C14H17FN2S. The number of halogens is 1. The summed E-state index contributed by atoms with van der Waals surface area (Å²) in [7, 11) is 1.89. The lowest BCUT2D eigenvalue weighted by molar-refractivity contribution is 0.617. The number of thiophene rings is 1. The van der Waals surface area contributed by atoms with Gasteiger partial charge in [-0.05, 0) is 36.1 Å².